The van der Waals surface area contributed by atoms with Crippen molar-refractivity contribution in [2.45, 2.75) is 6.23 Å². The molecule has 0 aliphatic carbocycles. The Kier molecular flexibility index (Phi) is 4.46. The van der Waals surface area contributed by atoms with Crippen LogP contribution in [0.3, 0.4) is 0 Å². The van der Waals surface area contributed by atoms with Gasteiger partial charge in [-0.2, -0.15) is 5.10 Å². The molecule has 6 nitrogen and oxygen atoms in total. The van der Waals surface area contributed by atoms with Crippen molar-refractivity contribution in [1.29, 1.82) is 0 Å². The van der Waals surface area contributed by atoms with Crippen LogP contribution >= 0.6 is 23.2 Å². The first-order valence-electron chi connectivity index (χ1n) is 7.76. The molecule has 3 aromatic heterocycles. The second kappa shape index (κ2) is 6.92. The van der Waals surface area contributed by atoms with E-state index in [0.29, 0.717) is 26.9 Å². The highest BCUT2D eigenvalue weighted by atomic mass is 35.5. The molecule has 0 amide bonds. The van der Waals surface area contributed by atoms with Gasteiger partial charge in [-0.25, -0.2) is 9.50 Å². The van der Waals surface area contributed by atoms with Crippen LogP contribution in [0.25, 0.3) is 16.8 Å². The number of aromatic nitrogens is 4. The van der Waals surface area contributed by atoms with Gasteiger partial charge in [0.1, 0.15) is 0 Å². The number of benzene rings is 1. The van der Waals surface area contributed by atoms with Crippen LogP contribution in [-0.2, 0) is 0 Å². The lowest BCUT2D eigenvalue weighted by molar-refractivity contribution is 0.209. The minimum Gasteiger partial charge on any atom is -0.369 e. The second-order valence-corrected chi connectivity index (χ2v) is 6.34. The monoisotopic (exact) mass is 385 g/mol. The maximum atomic E-state index is 10.7. The summed E-state index contributed by atoms with van der Waals surface area (Å²) in [6.45, 7) is 0. The number of halogens is 2. The summed E-state index contributed by atoms with van der Waals surface area (Å²) in [5, 5.41) is 18.8. The Morgan fingerprint density at radius 2 is 1.92 bits per heavy atom. The van der Waals surface area contributed by atoms with Gasteiger partial charge in [-0.15, -0.1) is 0 Å². The van der Waals surface area contributed by atoms with Crippen LogP contribution in [0.15, 0.2) is 61.3 Å². The number of pyridine rings is 1. The summed E-state index contributed by atoms with van der Waals surface area (Å²) in [4.78, 5) is 8.42. The van der Waals surface area contributed by atoms with Gasteiger partial charge in [0, 0.05) is 41.6 Å². The van der Waals surface area contributed by atoms with E-state index in [1.165, 1.54) is 0 Å². The average molecular weight is 386 g/mol. The summed E-state index contributed by atoms with van der Waals surface area (Å²) in [5.41, 5.74) is 3.24. The lowest BCUT2D eigenvalue weighted by Gasteiger charge is -2.17. The Hall–Kier alpha value is -2.67. The molecular weight excluding hydrogens is 373 g/mol. The predicted molar refractivity (Wildman–Crippen MR) is 101 cm³/mol. The minimum atomic E-state index is -1.01. The smallest absolute Gasteiger partial charge is 0.162 e. The molecule has 4 rings (SSSR count). The molecule has 4 aromatic rings. The van der Waals surface area contributed by atoms with Crippen LogP contribution in [0.5, 0.6) is 0 Å². The number of aliphatic hydroxyl groups excluding tert-OH is 1. The SMILES string of the molecule is OC(Nc1ccncc1-c1cccc(Cl)c1Cl)c1cnn2cccnc12. The maximum Gasteiger partial charge on any atom is 0.162 e. The van der Waals surface area contributed by atoms with E-state index in [1.807, 2.05) is 12.1 Å². The molecule has 0 radical (unpaired) electrons. The zero-order valence-electron chi connectivity index (χ0n) is 13.3. The molecule has 0 bridgehead atoms. The number of nitrogens with zero attached hydrogens (tertiary/aromatic N) is 4. The Morgan fingerprint density at radius 1 is 1.04 bits per heavy atom. The van der Waals surface area contributed by atoms with Gasteiger partial charge in [-0.05, 0) is 18.2 Å². The minimum absolute atomic E-state index is 0.428. The zero-order valence-corrected chi connectivity index (χ0v) is 14.9. The van der Waals surface area contributed by atoms with E-state index < -0.39 is 6.23 Å². The molecule has 0 saturated heterocycles. The molecule has 1 atom stereocenters. The van der Waals surface area contributed by atoms with E-state index in [4.69, 9.17) is 23.2 Å². The van der Waals surface area contributed by atoms with Gasteiger partial charge in [0.05, 0.1) is 21.8 Å². The maximum absolute atomic E-state index is 10.7. The number of rotatable bonds is 4. The standard InChI is InChI=1S/C18H13Cl2N5O/c19-14-4-1-3-11(16(14)20)12-9-21-7-5-15(12)24-18(26)13-10-23-25-8-2-6-22-17(13)25/h1-10,18,26H,(H,21,24). The van der Waals surface area contributed by atoms with E-state index >= 15 is 0 Å². The number of nitrogens with one attached hydrogen (secondary N) is 1. The third-order valence-electron chi connectivity index (χ3n) is 3.96. The second-order valence-electron chi connectivity index (χ2n) is 5.56. The summed E-state index contributed by atoms with van der Waals surface area (Å²) in [6, 6.07) is 8.91. The predicted octanol–water partition coefficient (Wildman–Crippen LogP) is 4.20. The molecule has 1 aromatic carbocycles. The summed E-state index contributed by atoms with van der Waals surface area (Å²) < 4.78 is 1.60. The summed E-state index contributed by atoms with van der Waals surface area (Å²) in [7, 11) is 0. The quantitative estimate of drug-likeness (QED) is 0.514. The molecule has 2 N–H and O–H groups in total. The van der Waals surface area contributed by atoms with Crippen LogP contribution in [-0.4, -0.2) is 24.7 Å². The fourth-order valence-corrected chi connectivity index (χ4v) is 3.11. The van der Waals surface area contributed by atoms with Crippen molar-refractivity contribution >= 4 is 34.5 Å². The van der Waals surface area contributed by atoms with E-state index in [-0.39, 0.29) is 0 Å². The molecule has 0 fully saturated rings. The molecule has 26 heavy (non-hydrogen) atoms. The molecule has 0 saturated carbocycles. The van der Waals surface area contributed by atoms with Crippen LogP contribution in [0, 0.1) is 0 Å². The summed E-state index contributed by atoms with van der Waals surface area (Å²) >= 11 is 12.5. The molecule has 1 unspecified atom stereocenters. The van der Waals surface area contributed by atoms with Gasteiger partial charge in [-0.3, -0.25) is 4.98 Å². The van der Waals surface area contributed by atoms with Crippen molar-refractivity contribution in [2.75, 3.05) is 5.32 Å². The van der Waals surface area contributed by atoms with Crippen molar-refractivity contribution < 1.29 is 5.11 Å². The third-order valence-corrected chi connectivity index (χ3v) is 4.78. The zero-order chi connectivity index (χ0) is 18.1. The highest BCUT2D eigenvalue weighted by Crippen LogP contribution is 2.37. The Labute approximate surface area is 159 Å². The van der Waals surface area contributed by atoms with Crippen LogP contribution < -0.4 is 5.32 Å². The lowest BCUT2D eigenvalue weighted by atomic mass is 10.1. The average Bonchev–Trinajstić information content (AvgIpc) is 3.09. The van der Waals surface area contributed by atoms with Crippen molar-refractivity contribution in [1.82, 2.24) is 19.6 Å². The summed E-state index contributed by atoms with van der Waals surface area (Å²) in [6.07, 6.45) is 7.28. The van der Waals surface area contributed by atoms with Gasteiger partial charge in [0.2, 0.25) is 0 Å². The third kappa shape index (κ3) is 2.99. The first-order valence-corrected chi connectivity index (χ1v) is 8.52. The van der Waals surface area contributed by atoms with E-state index in [9.17, 15) is 5.11 Å². The summed E-state index contributed by atoms with van der Waals surface area (Å²) in [5.74, 6) is 0. The van der Waals surface area contributed by atoms with Crippen LogP contribution in [0.1, 0.15) is 11.8 Å². The highest BCUT2D eigenvalue weighted by molar-refractivity contribution is 6.43. The molecule has 0 aliphatic heterocycles. The van der Waals surface area contributed by atoms with Gasteiger partial charge < -0.3 is 10.4 Å². The normalized spacial score (nSPS) is 12.3. The van der Waals surface area contributed by atoms with Gasteiger partial charge in [0.15, 0.2) is 11.9 Å². The molecular formula is C18H13Cl2N5O. The van der Waals surface area contributed by atoms with E-state index in [0.717, 1.165) is 11.1 Å². The Morgan fingerprint density at radius 3 is 2.81 bits per heavy atom. The van der Waals surface area contributed by atoms with Gasteiger partial charge >= 0.3 is 0 Å². The number of hydrogen-bond acceptors (Lipinski definition) is 5. The Bertz CT molecular complexity index is 1080. The van der Waals surface area contributed by atoms with Crippen molar-refractivity contribution in [3.8, 4) is 11.1 Å². The topological polar surface area (TPSA) is 75.3 Å². The number of fused-ring (bicyclic) bond motifs is 1. The Balaban J connectivity index is 1.72. The molecule has 3 heterocycles. The van der Waals surface area contributed by atoms with E-state index in [2.05, 4.69) is 20.4 Å². The first-order chi connectivity index (χ1) is 12.6. The fraction of sp³-hybridized carbons (Fsp3) is 0.0556. The van der Waals surface area contributed by atoms with E-state index in [1.54, 1.807) is 53.7 Å². The molecule has 0 spiro atoms. The van der Waals surface area contributed by atoms with Crippen molar-refractivity contribution in [3.05, 3.63) is 76.9 Å². The van der Waals surface area contributed by atoms with Crippen molar-refractivity contribution in [3.63, 3.8) is 0 Å². The first kappa shape index (κ1) is 16.8. The lowest BCUT2D eigenvalue weighted by Crippen LogP contribution is -2.11. The van der Waals surface area contributed by atoms with Crippen LogP contribution in [0.4, 0.5) is 5.69 Å². The highest BCUT2D eigenvalue weighted by Gasteiger charge is 2.17. The number of aliphatic hydroxyl groups is 1. The molecule has 0 aliphatic rings. The number of hydrogen-bond donors (Lipinski definition) is 2. The molecule has 8 heteroatoms. The molecule has 130 valence electrons. The fourth-order valence-electron chi connectivity index (χ4n) is 2.71. The largest absolute Gasteiger partial charge is 0.369 e. The van der Waals surface area contributed by atoms with Crippen LogP contribution in [0.2, 0.25) is 10.0 Å². The van der Waals surface area contributed by atoms with Crippen molar-refractivity contribution in [2.24, 2.45) is 0 Å². The van der Waals surface area contributed by atoms with Gasteiger partial charge in [0.25, 0.3) is 0 Å². The number of anilines is 1. The van der Waals surface area contributed by atoms with Gasteiger partial charge in [-0.1, -0.05) is 35.3 Å².